The smallest absolute Gasteiger partial charge is 0.254 e. The zero-order chi connectivity index (χ0) is 22.1. The molecule has 4 nitrogen and oxygen atoms in total. The predicted molar refractivity (Wildman–Crippen MR) is 128 cm³/mol. The molecule has 1 aliphatic heterocycles. The number of carbonyl (C=O) groups is 2. The van der Waals surface area contributed by atoms with Crippen LogP contribution in [0.15, 0.2) is 72.1 Å². The van der Waals surface area contributed by atoms with E-state index in [4.69, 9.17) is 0 Å². The third-order valence-corrected chi connectivity index (χ3v) is 7.81. The second-order valence-electron chi connectivity index (χ2n) is 8.82. The van der Waals surface area contributed by atoms with Crippen LogP contribution in [0.5, 0.6) is 0 Å². The van der Waals surface area contributed by atoms with Crippen molar-refractivity contribution >= 4 is 23.2 Å². The molecule has 2 amide bonds. The number of thiophene rings is 1. The van der Waals surface area contributed by atoms with Crippen LogP contribution in [-0.2, 0) is 4.79 Å². The second kappa shape index (κ2) is 8.91. The number of carbonyl (C=O) groups excluding carboxylic acids is 2. The van der Waals surface area contributed by atoms with Gasteiger partial charge in [-0.2, -0.15) is 0 Å². The van der Waals surface area contributed by atoms with Gasteiger partial charge in [0.2, 0.25) is 5.91 Å². The SMILES string of the molecule is C[C@H](NC(=O)[C@@H]1c2ccccc2C(=O)N(C2CCCC2)[C@@H]1c1cccs1)c1ccccc1. The molecule has 5 heteroatoms. The molecule has 0 saturated heterocycles. The molecule has 2 aromatic carbocycles. The van der Waals surface area contributed by atoms with Gasteiger partial charge in [-0.15, -0.1) is 11.3 Å². The quantitative estimate of drug-likeness (QED) is 0.537. The third-order valence-electron chi connectivity index (χ3n) is 6.87. The highest BCUT2D eigenvalue weighted by molar-refractivity contribution is 7.10. The summed E-state index contributed by atoms with van der Waals surface area (Å²) in [6.07, 6.45) is 4.28. The lowest BCUT2D eigenvalue weighted by atomic mass is 9.80. The van der Waals surface area contributed by atoms with Crippen molar-refractivity contribution in [3.63, 3.8) is 0 Å². The Morgan fingerprint density at radius 2 is 1.72 bits per heavy atom. The number of amides is 2. The summed E-state index contributed by atoms with van der Waals surface area (Å²) >= 11 is 1.63. The van der Waals surface area contributed by atoms with Crippen LogP contribution < -0.4 is 5.32 Å². The van der Waals surface area contributed by atoms with E-state index in [1.807, 2.05) is 77.9 Å². The summed E-state index contributed by atoms with van der Waals surface area (Å²) in [5.41, 5.74) is 2.57. The van der Waals surface area contributed by atoms with Gasteiger partial charge in [0.1, 0.15) is 0 Å². The highest BCUT2D eigenvalue weighted by Crippen LogP contribution is 2.47. The first-order valence-corrected chi connectivity index (χ1v) is 12.3. The lowest BCUT2D eigenvalue weighted by molar-refractivity contribution is -0.125. The maximum atomic E-state index is 13.9. The van der Waals surface area contributed by atoms with Crippen molar-refractivity contribution < 1.29 is 9.59 Å². The van der Waals surface area contributed by atoms with Crippen LogP contribution in [0.1, 0.15) is 77.0 Å². The van der Waals surface area contributed by atoms with Crippen LogP contribution in [0.4, 0.5) is 0 Å². The van der Waals surface area contributed by atoms with Gasteiger partial charge in [0, 0.05) is 16.5 Å². The number of hydrogen-bond donors (Lipinski definition) is 1. The Kier molecular flexibility index (Phi) is 5.83. The van der Waals surface area contributed by atoms with Crippen LogP contribution >= 0.6 is 11.3 Å². The molecule has 0 spiro atoms. The van der Waals surface area contributed by atoms with Crippen molar-refractivity contribution in [3.05, 3.63) is 93.7 Å². The predicted octanol–water partition coefficient (Wildman–Crippen LogP) is 5.85. The monoisotopic (exact) mass is 444 g/mol. The largest absolute Gasteiger partial charge is 0.349 e. The number of nitrogens with zero attached hydrogens (tertiary/aromatic N) is 1. The van der Waals surface area contributed by atoms with Gasteiger partial charge in [0.15, 0.2) is 0 Å². The Labute approximate surface area is 193 Å². The first-order chi connectivity index (χ1) is 15.6. The molecule has 1 N–H and O–H groups in total. The Morgan fingerprint density at radius 1 is 1.00 bits per heavy atom. The maximum absolute atomic E-state index is 13.9. The van der Waals surface area contributed by atoms with Gasteiger partial charge in [-0.1, -0.05) is 67.4 Å². The Hall–Kier alpha value is -2.92. The minimum absolute atomic E-state index is 0.0253. The zero-order valence-corrected chi connectivity index (χ0v) is 19.1. The Morgan fingerprint density at radius 3 is 2.44 bits per heavy atom. The van der Waals surface area contributed by atoms with E-state index >= 15 is 0 Å². The van der Waals surface area contributed by atoms with E-state index in [1.54, 1.807) is 11.3 Å². The van der Waals surface area contributed by atoms with E-state index in [2.05, 4.69) is 11.4 Å². The minimum atomic E-state index is -0.436. The fourth-order valence-electron chi connectivity index (χ4n) is 5.31. The summed E-state index contributed by atoms with van der Waals surface area (Å²) in [4.78, 5) is 30.7. The molecule has 0 radical (unpaired) electrons. The van der Waals surface area contributed by atoms with Crippen LogP contribution in [-0.4, -0.2) is 22.8 Å². The summed E-state index contributed by atoms with van der Waals surface area (Å²) in [5.74, 6) is -0.400. The molecular weight excluding hydrogens is 416 g/mol. The highest BCUT2D eigenvalue weighted by Gasteiger charge is 2.47. The maximum Gasteiger partial charge on any atom is 0.254 e. The van der Waals surface area contributed by atoms with E-state index < -0.39 is 5.92 Å². The molecule has 3 aromatic rings. The first kappa shape index (κ1) is 21.0. The molecule has 5 rings (SSSR count). The minimum Gasteiger partial charge on any atom is -0.349 e. The molecule has 0 unspecified atom stereocenters. The summed E-state index contributed by atoms with van der Waals surface area (Å²) in [5, 5.41) is 5.29. The van der Waals surface area contributed by atoms with E-state index in [-0.39, 0.29) is 29.9 Å². The Bertz CT molecular complexity index is 1090. The van der Waals surface area contributed by atoms with Crippen molar-refractivity contribution in [2.45, 2.75) is 56.7 Å². The average Bonchev–Trinajstić information content (AvgIpc) is 3.54. The summed E-state index contributed by atoms with van der Waals surface area (Å²) in [7, 11) is 0. The molecule has 2 heterocycles. The number of rotatable bonds is 5. The lowest BCUT2D eigenvalue weighted by Crippen LogP contribution is -2.50. The van der Waals surface area contributed by atoms with Crippen molar-refractivity contribution in [1.82, 2.24) is 10.2 Å². The fraction of sp³-hybridized carbons (Fsp3) is 0.333. The number of fused-ring (bicyclic) bond motifs is 1. The zero-order valence-electron chi connectivity index (χ0n) is 18.2. The molecule has 164 valence electrons. The van der Waals surface area contributed by atoms with Crippen LogP contribution in [0.3, 0.4) is 0 Å². The summed E-state index contributed by atoms with van der Waals surface area (Å²) in [6, 6.07) is 21.6. The van der Waals surface area contributed by atoms with E-state index in [0.717, 1.165) is 41.7 Å². The molecular formula is C27H28N2O2S. The van der Waals surface area contributed by atoms with Crippen LogP contribution in [0.25, 0.3) is 0 Å². The highest BCUT2D eigenvalue weighted by atomic mass is 32.1. The van der Waals surface area contributed by atoms with Gasteiger partial charge < -0.3 is 10.2 Å². The van der Waals surface area contributed by atoms with Gasteiger partial charge in [0.25, 0.3) is 5.91 Å². The fourth-order valence-corrected chi connectivity index (χ4v) is 6.17. The van der Waals surface area contributed by atoms with Crippen LogP contribution in [0.2, 0.25) is 0 Å². The Balaban J connectivity index is 1.58. The summed E-state index contributed by atoms with van der Waals surface area (Å²) < 4.78 is 0. The normalized spacial score (nSPS) is 21.9. The van der Waals surface area contributed by atoms with Crippen molar-refractivity contribution in [2.75, 3.05) is 0 Å². The standard InChI is InChI=1S/C27H28N2O2S/c1-18(19-10-3-2-4-11-19)28-26(30)24-21-14-7-8-15-22(21)27(31)29(20-12-5-6-13-20)25(24)23-16-9-17-32-23/h2-4,7-11,14-18,20,24-25H,5-6,12-13H2,1H3,(H,28,30)/t18-,24+,25+/m0/s1. The van der Waals surface area contributed by atoms with Gasteiger partial charge in [-0.3, -0.25) is 9.59 Å². The van der Waals surface area contributed by atoms with E-state index in [0.29, 0.717) is 5.56 Å². The van der Waals surface area contributed by atoms with Gasteiger partial charge >= 0.3 is 0 Å². The molecule has 1 aliphatic carbocycles. The van der Waals surface area contributed by atoms with E-state index in [9.17, 15) is 9.59 Å². The van der Waals surface area contributed by atoms with Gasteiger partial charge in [-0.25, -0.2) is 0 Å². The van der Waals surface area contributed by atoms with Crippen LogP contribution in [0, 0.1) is 0 Å². The molecule has 1 fully saturated rings. The lowest BCUT2D eigenvalue weighted by Gasteiger charge is -2.44. The van der Waals surface area contributed by atoms with Crippen molar-refractivity contribution in [2.24, 2.45) is 0 Å². The molecule has 1 saturated carbocycles. The molecule has 2 aliphatic rings. The second-order valence-corrected chi connectivity index (χ2v) is 9.80. The average molecular weight is 445 g/mol. The van der Waals surface area contributed by atoms with E-state index in [1.165, 1.54) is 0 Å². The topological polar surface area (TPSA) is 49.4 Å². The third kappa shape index (κ3) is 3.75. The number of benzene rings is 2. The molecule has 3 atom stereocenters. The molecule has 32 heavy (non-hydrogen) atoms. The van der Waals surface area contributed by atoms with Crippen molar-refractivity contribution in [3.8, 4) is 0 Å². The first-order valence-electron chi connectivity index (χ1n) is 11.5. The molecule has 0 bridgehead atoms. The summed E-state index contributed by atoms with van der Waals surface area (Å²) in [6.45, 7) is 2.02. The van der Waals surface area contributed by atoms with Gasteiger partial charge in [-0.05, 0) is 48.4 Å². The van der Waals surface area contributed by atoms with Crippen molar-refractivity contribution in [1.29, 1.82) is 0 Å². The number of hydrogen-bond acceptors (Lipinski definition) is 3. The van der Waals surface area contributed by atoms with Gasteiger partial charge in [0.05, 0.1) is 18.0 Å². The number of nitrogens with one attached hydrogen (secondary N) is 1. The molecule has 1 aromatic heterocycles.